The Labute approximate surface area is 122 Å². The normalized spacial score (nSPS) is 11.0. The van der Waals surface area contributed by atoms with E-state index >= 15 is 0 Å². The maximum Gasteiger partial charge on any atom is 0.335 e. The van der Waals surface area contributed by atoms with Gasteiger partial charge in [0.25, 0.3) is 0 Å². The molecule has 0 bridgehead atoms. The van der Waals surface area contributed by atoms with E-state index in [0.29, 0.717) is 5.69 Å². The smallest absolute Gasteiger partial charge is 0.335 e. The third kappa shape index (κ3) is 4.21. The quantitative estimate of drug-likeness (QED) is 0.518. The molecule has 0 amide bonds. The first-order chi connectivity index (χ1) is 10.2. The molecule has 0 fully saturated rings. The van der Waals surface area contributed by atoms with Crippen LogP contribution in [0.1, 0.15) is 5.69 Å². The van der Waals surface area contributed by atoms with E-state index in [1.54, 1.807) is 12.3 Å². The molecule has 104 valence electrons. The molecule has 0 saturated carbocycles. The van der Waals surface area contributed by atoms with E-state index in [9.17, 15) is 4.79 Å². The fraction of sp³-hybridized carbons (Fsp3) is 0. The summed E-state index contributed by atoms with van der Waals surface area (Å²) >= 11 is 0. The Morgan fingerprint density at radius 3 is 2.71 bits per heavy atom. The minimum atomic E-state index is -1.07. The third-order valence-corrected chi connectivity index (χ3v) is 2.54. The summed E-state index contributed by atoms with van der Waals surface area (Å²) in [4.78, 5) is 23.2. The summed E-state index contributed by atoms with van der Waals surface area (Å²) in [5.74, 6) is -1.07. The molecule has 0 aliphatic carbocycles. The van der Waals surface area contributed by atoms with Crippen LogP contribution in [0.3, 0.4) is 0 Å². The van der Waals surface area contributed by atoms with Gasteiger partial charge in [-0.25, -0.2) is 9.78 Å². The van der Waals surface area contributed by atoms with Crippen molar-refractivity contribution in [2.24, 2.45) is 4.99 Å². The summed E-state index contributed by atoms with van der Waals surface area (Å²) in [7, 11) is 0. The van der Waals surface area contributed by atoms with Gasteiger partial charge in [0, 0.05) is 12.4 Å². The van der Waals surface area contributed by atoms with Crippen molar-refractivity contribution in [2.75, 3.05) is 0 Å². The third-order valence-electron chi connectivity index (χ3n) is 2.54. The van der Waals surface area contributed by atoms with Crippen molar-refractivity contribution >= 4 is 12.2 Å². The number of hydrogen-bond acceptors (Lipinski definition) is 4. The van der Waals surface area contributed by atoms with Gasteiger partial charge in [-0.2, -0.15) is 0 Å². The largest absolute Gasteiger partial charge is 0.478 e. The van der Waals surface area contributed by atoms with Crippen LogP contribution in [0.15, 0.2) is 72.0 Å². The average molecular weight is 279 g/mol. The molecule has 5 heteroatoms. The maximum atomic E-state index is 10.5. The fourth-order valence-corrected chi connectivity index (χ4v) is 1.50. The summed E-state index contributed by atoms with van der Waals surface area (Å²) < 4.78 is 0. The van der Waals surface area contributed by atoms with Gasteiger partial charge in [0.2, 0.25) is 0 Å². The molecule has 0 aliphatic heterocycles. The van der Waals surface area contributed by atoms with Crippen molar-refractivity contribution in [1.29, 1.82) is 0 Å². The first-order valence-corrected chi connectivity index (χ1v) is 6.17. The monoisotopic (exact) mass is 279 g/mol. The first-order valence-electron chi connectivity index (χ1n) is 6.17. The second kappa shape index (κ2) is 6.91. The Kier molecular flexibility index (Phi) is 4.71. The van der Waals surface area contributed by atoms with E-state index < -0.39 is 5.97 Å². The Morgan fingerprint density at radius 2 is 2.00 bits per heavy atom. The first kappa shape index (κ1) is 14.3. The Hall–Kier alpha value is -3.08. The molecule has 2 heterocycles. The van der Waals surface area contributed by atoms with E-state index in [2.05, 4.69) is 21.5 Å². The zero-order valence-electron chi connectivity index (χ0n) is 11.2. The number of pyridine rings is 2. The molecular weight excluding hydrogens is 266 g/mol. The molecule has 21 heavy (non-hydrogen) atoms. The number of carboxylic acids is 1. The lowest BCUT2D eigenvalue weighted by Gasteiger charge is -2.00. The van der Waals surface area contributed by atoms with Crippen LogP contribution < -0.4 is 0 Å². The van der Waals surface area contributed by atoms with Crippen LogP contribution in [-0.4, -0.2) is 27.3 Å². The number of rotatable bonds is 5. The minimum Gasteiger partial charge on any atom is -0.478 e. The summed E-state index contributed by atoms with van der Waals surface area (Å²) in [5.41, 5.74) is 2.16. The van der Waals surface area contributed by atoms with Crippen molar-refractivity contribution in [3.8, 4) is 11.4 Å². The Morgan fingerprint density at radius 1 is 1.19 bits per heavy atom. The number of nitrogens with zero attached hydrogens (tertiary/aromatic N) is 3. The second-order valence-electron chi connectivity index (χ2n) is 4.09. The number of carboxylic acid groups (broad SMARTS) is 1. The SMILES string of the molecule is C=C(/C=C\N=Cc1cccc(-c2ccccn2)n1)C(=O)O. The lowest BCUT2D eigenvalue weighted by Crippen LogP contribution is -1.94. The molecule has 0 aromatic carbocycles. The zero-order valence-corrected chi connectivity index (χ0v) is 11.2. The summed E-state index contributed by atoms with van der Waals surface area (Å²) in [6, 6.07) is 11.1. The zero-order chi connectivity index (χ0) is 15.1. The van der Waals surface area contributed by atoms with Crippen molar-refractivity contribution < 1.29 is 9.90 Å². The van der Waals surface area contributed by atoms with Crippen molar-refractivity contribution in [3.63, 3.8) is 0 Å². The number of hydrogen-bond donors (Lipinski definition) is 1. The van der Waals surface area contributed by atoms with E-state index in [0.717, 1.165) is 11.4 Å². The van der Waals surface area contributed by atoms with Gasteiger partial charge in [-0.3, -0.25) is 9.98 Å². The lowest BCUT2D eigenvalue weighted by atomic mass is 10.2. The molecule has 2 aromatic heterocycles. The molecule has 0 saturated heterocycles. The predicted octanol–water partition coefficient (Wildman–Crippen LogP) is 2.72. The summed E-state index contributed by atoms with van der Waals surface area (Å²) in [6.07, 6.45) is 5.93. The van der Waals surface area contributed by atoms with Crippen molar-refractivity contribution in [1.82, 2.24) is 9.97 Å². The van der Waals surface area contributed by atoms with Crippen LogP contribution in [0.2, 0.25) is 0 Å². The summed E-state index contributed by atoms with van der Waals surface area (Å²) in [6.45, 7) is 3.37. The molecule has 0 radical (unpaired) electrons. The van der Waals surface area contributed by atoms with Crippen molar-refractivity contribution in [3.05, 3.63) is 72.7 Å². The molecule has 0 spiro atoms. The molecule has 2 rings (SSSR count). The molecule has 1 N–H and O–H groups in total. The number of aromatic nitrogens is 2. The molecule has 0 atom stereocenters. The van der Waals surface area contributed by atoms with Gasteiger partial charge in [0.1, 0.15) is 0 Å². The average Bonchev–Trinajstić information content (AvgIpc) is 2.52. The van der Waals surface area contributed by atoms with Gasteiger partial charge in [-0.05, 0) is 30.3 Å². The van der Waals surface area contributed by atoms with Gasteiger partial charge in [-0.1, -0.05) is 18.7 Å². The van der Waals surface area contributed by atoms with Gasteiger partial charge < -0.3 is 5.11 Å². The van der Waals surface area contributed by atoms with Gasteiger partial charge >= 0.3 is 5.97 Å². The van der Waals surface area contributed by atoms with Gasteiger partial charge in [0.15, 0.2) is 0 Å². The minimum absolute atomic E-state index is 0.0256. The van der Waals surface area contributed by atoms with E-state index in [4.69, 9.17) is 5.11 Å². The second-order valence-corrected chi connectivity index (χ2v) is 4.09. The van der Waals surface area contributed by atoms with Crippen LogP contribution in [0.5, 0.6) is 0 Å². The van der Waals surface area contributed by atoms with E-state index in [1.807, 2.05) is 30.3 Å². The fourth-order valence-electron chi connectivity index (χ4n) is 1.50. The summed E-state index contributed by atoms with van der Waals surface area (Å²) in [5, 5.41) is 8.64. The highest BCUT2D eigenvalue weighted by molar-refractivity contribution is 5.89. The Balaban J connectivity index is 2.12. The van der Waals surface area contributed by atoms with Crippen LogP contribution in [0.25, 0.3) is 11.4 Å². The highest BCUT2D eigenvalue weighted by atomic mass is 16.4. The van der Waals surface area contributed by atoms with Crippen LogP contribution in [0.4, 0.5) is 0 Å². The van der Waals surface area contributed by atoms with Crippen LogP contribution in [0, 0.1) is 0 Å². The molecule has 5 nitrogen and oxygen atoms in total. The van der Waals surface area contributed by atoms with Crippen molar-refractivity contribution in [2.45, 2.75) is 0 Å². The predicted molar refractivity (Wildman–Crippen MR) is 81.0 cm³/mol. The molecule has 2 aromatic rings. The highest BCUT2D eigenvalue weighted by Crippen LogP contribution is 2.12. The molecular formula is C16H13N3O2. The van der Waals surface area contributed by atoms with Gasteiger partial charge in [-0.15, -0.1) is 0 Å². The topological polar surface area (TPSA) is 75.4 Å². The standard InChI is InChI=1S/C16H13N3O2/c1-12(16(20)21)8-10-17-11-13-5-4-7-15(19-13)14-6-2-3-9-18-14/h2-11H,1H2,(H,20,21)/b10-8-,17-11?. The number of aliphatic imine (C=N–C) groups is 1. The Bertz CT molecular complexity index is 706. The number of carbonyl (C=O) groups is 1. The molecule has 0 aliphatic rings. The number of aliphatic carboxylic acids is 1. The van der Waals surface area contributed by atoms with E-state index in [-0.39, 0.29) is 5.57 Å². The lowest BCUT2D eigenvalue weighted by molar-refractivity contribution is -0.132. The van der Waals surface area contributed by atoms with Crippen LogP contribution in [-0.2, 0) is 4.79 Å². The van der Waals surface area contributed by atoms with E-state index in [1.165, 1.54) is 18.5 Å². The molecule has 0 unspecified atom stereocenters. The maximum absolute atomic E-state index is 10.5. The van der Waals surface area contributed by atoms with Crippen LogP contribution >= 0.6 is 0 Å². The highest BCUT2D eigenvalue weighted by Gasteiger charge is 2.00. The van der Waals surface area contributed by atoms with Gasteiger partial charge in [0.05, 0.1) is 28.9 Å².